The molecular formula is C16H23N3O. The molecule has 4 nitrogen and oxygen atoms in total. The minimum Gasteiger partial charge on any atom is -0.306 e. The van der Waals surface area contributed by atoms with E-state index in [0.717, 1.165) is 32.4 Å². The van der Waals surface area contributed by atoms with Crippen molar-refractivity contribution in [3.8, 4) is 0 Å². The van der Waals surface area contributed by atoms with E-state index in [9.17, 15) is 4.79 Å². The zero-order valence-electron chi connectivity index (χ0n) is 12.3. The maximum absolute atomic E-state index is 13.0. The Morgan fingerprint density at radius 2 is 2.05 bits per heavy atom. The van der Waals surface area contributed by atoms with Crippen LogP contribution in [-0.2, 0) is 11.2 Å². The quantitative estimate of drug-likeness (QED) is 0.905. The first-order valence-corrected chi connectivity index (χ1v) is 7.48. The minimum atomic E-state index is -0.448. The molecule has 0 radical (unpaired) electrons. The SMILES string of the molecule is CN[C@]1(Cc2ccccc2)CCN2CC[C@@H](C)N2C1=O. The Morgan fingerprint density at radius 3 is 2.75 bits per heavy atom. The lowest BCUT2D eigenvalue weighted by Crippen LogP contribution is -2.66. The van der Waals surface area contributed by atoms with E-state index >= 15 is 0 Å². The smallest absolute Gasteiger partial charge is 0.257 e. The fourth-order valence-corrected chi connectivity index (χ4v) is 3.47. The van der Waals surface area contributed by atoms with Crippen LogP contribution in [0.5, 0.6) is 0 Å². The maximum Gasteiger partial charge on any atom is 0.257 e. The summed E-state index contributed by atoms with van der Waals surface area (Å²) >= 11 is 0. The predicted octanol–water partition coefficient (Wildman–Crippen LogP) is 1.43. The van der Waals surface area contributed by atoms with Gasteiger partial charge in [0.25, 0.3) is 5.91 Å². The second-order valence-corrected chi connectivity index (χ2v) is 5.99. The molecule has 0 unspecified atom stereocenters. The fraction of sp³-hybridized carbons (Fsp3) is 0.562. The lowest BCUT2D eigenvalue weighted by molar-refractivity contribution is -0.163. The number of nitrogens with one attached hydrogen (secondary N) is 1. The largest absolute Gasteiger partial charge is 0.306 e. The van der Waals surface area contributed by atoms with Crippen LogP contribution in [0.25, 0.3) is 0 Å². The Bertz CT molecular complexity index is 490. The van der Waals surface area contributed by atoms with Crippen LogP contribution in [-0.4, -0.2) is 47.6 Å². The van der Waals surface area contributed by atoms with E-state index in [1.165, 1.54) is 5.56 Å². The van der Waals surface area contributed by atoms with Crippen molar-refractivity contribution in [1.82, 2.24) is 15.3 Å². The molecule has 2 atom stereocenters. The second-order valence-electron chi connectivity index (χ2n) is 5.99. The van der Waals surface area contributed by atoms with Gasteiger partial charge in [-0.2, -0.15) is 0 Å². The number of likely N-dealkylation sites (N-methyl/N-ethyl adjacent to an activating group) is 1. The third-order valence-electron chi connectivity index (χ3n) is 4.77. The van der Waals surface area contributed by atoms with Gasteiger partial charge in [-0.15, -0.1) is 0 Å². The molecule has 1 aromatic rings. The highest BCUT2D eigenvalue weighted by molar-refractivity contribution is 5.87. The van der Waals surface area contributed by atoms with E-state index in [1.54, 1.807) is 0 Å². The Morgan fingerprint density at radius 1 is 1.30 bits per heavy atom. The molecule has 20 heavy (non-hydrogen) atoms. The van der Waals surface area contributed by atoms with Gasteiger partial charge in [-0.1, -0.05) is 30.3 Å². The molecule has 2 heterocycles. The molecule has 1 N–H and O–H groups in total. The highest BCUT2D eigenvalue weighted by atomic mass is 16.2. The summed E-state index contributed by atoms with van der Waals surface area (Å²) in [6, 6.07) is 10.6. The molecule has 108 valence electrons. The fourth-order valence-electron chi connectivity index (χ4n) is 3.47. The van der Waals surface area contributed by atoms with Crippen LogP contribution in [0.2, 0.25) is 0 Å². The van der Waals surface area contributed by atoms with Crippen molar-refractivity contribution in [3.05, 3.63) is 35.9 Å². The number of benzene rings is 1. The molecule has 0 spiro atoms. The van der Waals surface area contributed by atoms with Crippen molar-refractivity contribution in [2.75, 3.05) is 20.1 Å². The van der Waals surface area contributed by atoms with Gasteiger partial charge in [0.1, 0.15) is 5.54 Å². The predicted molar refractivity (Wildman–Crippen MR) is 79.1 cm³/mol. The summed E-state index contributed by atoms with van der Waals surface area (Å²) in [6.07, 6.45) is 2.72. The number of hydrazine groups is 1. The van der Waals surface area contributed by atoms with Crippen molar-refractivity contribution in [2.24, 2.45) is 0 Å². The minimum absolute atomic E-state index is 0.236. The van der Waals surface area contributed by atoms with Crippen molar-refractivity contribution in [3.63, 3.8) is 0 Å². The summed E-state index contributed by atoms with van der Waals surface area (Å²) < 4.78 is 0. The number of nitrogens with zero attached hydrogens (tertiary/aromatic N) is 2. The van der Waals surface area contributed by atoms with E-state index in [1.807, 2.05) is 30.3 Å². The Hall–Kier alpha value is -1.39. The number of carbonyl (C=O) groups excluding carboxylic acids is 1. The molecule has 0 saturated carbocycles. The van der Waals surface area contributed by atoms with Crippen LogP contribution in [0.4, 0.5) is 0 Å². The number of rotatable bonds is 3. The van der Waals surface area contributed by atoms with Gasteiger partial charge in [0, 0.05) is 19.1 Å². The van der Waals surface area contributed by atoms with E-state index in [4.69, 9.17) is 0 Å². The Balaban J connectivity index is 1.87. The molecule has 0 aliphatic carbocycles. The van der Waals surface area contributed by atoms with Crippen LogP contribution >= 0.6 is 0 Å². The Kier molecular flexibility index (Phi) is 3.52. The Labute approximate surface area is 120 Å². The van der Waals surface area contributed by atoms with Crippen LogP contribution in [0.1, 0.15) is 25.3 Å². The highest BCUT2D eigenvalue weighted by Gasteiger charge is 2.49. The summed E-state index contributed by atoms with van der Waals surface area (Å²) in [4.78, 5) is 13.0. The molecule has 2 fully saturated rings. The number of hydrogen-bond donors (Lipinski definition) is 1. The number of hydrogen-bond acceptors (Lipinski definition) is 3. The van der Waals surface area contributed by atoms with Crippen molar-refractivity contribution in [1.29, 1.82) is 0 Å². The van der Waals surface area contributed by atoms with Gasteiger partial charge in [-0.05, 0) is 38.8 Å². The summed E-state index contributed by atoms with van der Waals surface area (Å²) in [7, 11) is 1.91. The van der Waals surface area contributed by atoms with E-state index in [0.29, 0.717) is 6.04 Å². The monoisotopic (exact) mass is 273 g/mol. The lowest BCUT2D eigenvalue weighted by Gasteiger charge is -2.46. The zero-order chi connectivity index (χ0) is 14.2. The van der Waals surface area contributed by atoms with Crippen molar-refractivity contribution >= 4 is 5.91 Å². The van der Waals surface area contributed by atoms with Gasteiger partial charge in [-0.25, -0.2) is 5.01 Å². The highest BCUT2D eigenvalue weighted by Crippen LogP contribution is 2.31. The molecule has 1 aromatic carbocycles. The number of amides is 1. The third-order valence-corrected chi connectivity index (χ3v) is 4.77. The summed E-state index contributed by atoms with van der Waals surface area (Å²) in [5, 5.41) is 7.54. The molecule has 0 aromatic heterocycles. The first-order chi connectivity index (χ1) is 9.66. The number of fused-ring (bicyclic) bond motifs is 1. The van der Waals surface area contributed by atoms with Gasteiger partial charge in [0.15, 0.2) is 0 Å². The zero-order valence-corrected chi connectivity index (χ0v) is 12.3. The van der Waals surface area contributed by atoms with E-state index < -0.39 is 5.54 Å². The van der Waals surface area contributed by atoms with Crippen LogP contribution in [0.3, 0.4) is 0 Å². The molecular weight excluding hydrogens is 250 g/mol. The molecule has 1 amide bonds. The topological polar surface area (TPSA) is 35.6 Å². The average molecular weight is 273 g/mol. The molecule has 3 rings (SSSR count). The van der Waals surface area contributed by atoms with Gasteiger partial charge in [0.05, 0.1) is 0 Å². The lowest BCUT2D eigenvalue weighted by atomic mass is 9.85. The normalized spacial score (nSPS) is 30.6. The van der Waals surface area contributed by atoms with Crippen LogP contribution in [0, 0.1) is 0 Å². The standard InChI is InChI=1S/C16H23N3O/c1-13-8-10-18-11-9-16(17-2,15(20)19(13)18)12-14-6-4-3-5-7-14/h3-7,13,17H,8-12H2,1-2H3/t13-,16+/m1/s1. The summed E-state index contributed by atoms with van der Waals surface area (Å²) in [5.74, 6) is 0.236. The van der Waals surface area contributed by atoms with Crippen LogP contribution in [0.15, 0.2) is 30.3 Å². The van der Waals surface area contributed by atoms with Crippen molar-refractivity contribution < 1.29 is 4.79 Å². The van der Waals surface area contributed by atoms with Gasteiger partial charge in [0.2, 0.25) is 0 Å². The van der Waals surface area contributed by atoms with Gasteiger partial charge >= 0.3 is 0 Å². The van der Waals surface area contributed by atoms with Crippen molar-refractivity contribution in [2.45, 2.75) is 37.8 Å². The van der Waals surface area contributed by atoms with Gasteiger partial charge < -0.3 is 5.32 Å². The maximum atomic E-state index is 13.0. The second kappa shape index (κ2) is 5.19. The van der Waals surface area contributed by atoms with Crippen LogP contribution < -0.4 is 5.32 Å². The summed E-state index contributed by atoms with van der Waals surface area (Å²) in [5.41, 5.74) is 0.770. The first-order valence-electron chi connectivity index (χ1n) is 7.48. The van der Waals surface area contributed by atoms with E-state index in [-0.39, 0.29) is 5.91 Å². The first kappa shape index (κ1) is 13.6. The number of carbonyl (C=O) groups is 1. The molecule has 0 bridgehead atoms. The molecule has 2 saturated heterocycles. The third kappa shape index (κ3) is 2.13. The van der Waals surface area contributed by atoms with E-state index in [2.05, 4.69) is 29.4 Å². The van der Waals surface area contributed by atoms with Gasteiger partial charge in [-0.3, -0.25) is 9.80 Å². The average Bonchev–Trinajstić information content (AvgIpc) is 2.85. The molecule has 2 aliphatic heterocycles. The molecule has 4 heteroatoms. The molecule has 2 aliphatic rings. The summed E-state index contributed by atoms with van der Waals surface area (Å²) in [6.45, 7) is 4.12.